The SMILES string of the molecule is Cc1ccc(C(=O)N2CC3COCC2CN3C)cc1. The third-order valence-corrected chi connectivity index (χ3v) is 4.15. The van der Waals surface area contributed by atoms with Gasteiger partial charge in [-0.1, -0.05) is 17.7 Å². The molecule has 3 heterocycles. The van der Waals surface area contributed by atoms with E-state index in [9.17, 15) is 4.79 Å². The fourth-order valence-corrected chi connectivity index (χ4v) is 2.87. The third-order valence-electron chi connectivity index (χ3n) is 4.15. The van der Waals surface area contributed by atoms with Crippen LogP contribution in [0.1, 0.15) is 15.9 Å². The number of amides is 1. The molecule has 3 fully saturated rings. The molecule has 102 valence electrons. The Balaban J connectivity index is 1.82. The van der Waals surface area contributed by atoms with Gasteiger partial charge in [-0.05, 0) is 26.1 Å². The highest BCUT2D eigenvalue weighted by Crippen LogP contribution is 2.21. The van der Waals surface area contributed by atoms with Crippen LogP contribution < -0.4 is 0 Å². The predicted molar refractivity (Wildman–Crippen MR) is 73.2 cm³/mol. The molecule has 0 spiro atoms. The maximum Gasteiger partial charge on any atom is 0.254 e. The van der Waals surface area contributed by atoms with Crippen LogP contribution in [0.25, 0.3) is 0 Å². The lowest BCUT2D eigenvalue weighted by atomic mass is 10.1. The van der Waals surface area contributed by atoms with Crippen LogP contribution in [0.3, 0.4) is 0 Å². The highest BCUT2D eigenvalue weighted by molar-refractivity contribution is 5.94. The zero-order valence-electron chi connectivity index (χ0n) is 11.5. The Kier molecular flexibility index (Phi) is 3.29. The minimum absolute atomic E-state index is 0.133. The summed E-state index contributed by atoms with van der Waals surface area (Å²) in [5.74, 6) is 0.133. The number of benzene rings is 1. The first kappa shape index (κ1) is 12.6. The van der Waals surface area contributed by atoms with Crippen LogP contribution in [0.4, 0.5) is 0 Å². The fourth-order valence-electron chi connectivity index (χ4n) is 2.87. The smallest absolute Gasteiger partial charge is 0.254 e. The summed E-state index contributed by atoms with van der Waals surface area (Å²) in [4.78, 5) is 16.9. The third kappa shape index (κ3) is 2.38. The molecule has 4 nitrogen and oxygen atoms in total. The van der Waals surface area contributed by atoms with E-state index in [0.29, 0.717) is 12.6 Å². The van der Waals surface area contributed by atoms with Gasteiger partial charge in [0.25, 0.3) is 5.91 Å². The second kappa shape index (κ2) is 4.94. The van der Waals surface area contributed by atoms with Gasteiger partial charge in [0, 0.05) is 18.7 Å². The Morgan fingerprint density at radius 1 is 1.16 bits per heavy atom. The summed E-state index contributed by atoms with van der Waals surface area (Å²) in [7, 11) is 2.11. The zero-order valence-corrected chi connectivity index (χ0v) is 11.5. The predicted octanol–water partition coefficient (Wildman–Crippen LogP) is 1.15. The van der Waals surface area contributed by atoms with Crippen molar-refractivity contribution in [3.8, 4) is 0 Å². The zero-order chi connectivity index (χ0) is 13.4. The lowest BCUT2D eigenvalue weighted by molar-refractivity contribution is 0.0429. The van der Waals surface area contributed by atoms with Crippen molar-refractivity contribution >= 4 is 5.91 Å². The lowest BCUT2D eigenvalue weighted by Gasteiger charge is -2.41. The molecule has 3 saturated heterocycles. The van der Waals surface area contributed by atoms with E-state index >= 15 is 0 Å². The Labute approximate surface area is 113 Å². The molecule has 0 radical (unpaired) electrons. The first-order valence-electron chi connectivity index (χ1n) is 6.81. The summed E-state index contributed by atoms with van der Waals surface area (Å²) in [5, 5.41) is 0. The standard InChI is InChI=1S/C15H20N2O2/c1-11-3-5-12(6-4-11)15(18)17-8-13-9-19-10-14(17)7-16(13)2/h3-6,13-14H,7-10H2,1-2H3. The maximum atomic E-state index is 12.6. The van der Waals surface area contributed by atoms with E-state index in [-0.39, 0.29) is 11.9 Å². The van der Waals surface area contributed by atoms with E-state index in [2.05, 4.69) is 11.9 Å². The molecule has 0 aromatic heterocycles. The molecule has 4 rings (SSSR count). The summed E-state index contributed by atoms with van der Waals surface area (Å²) in [6.07, 6.45) is 0. The van der Waals surface area contributed by atoms with Crippen molar-refractivity contribution in [3.63, 3.8) is 0 Å². The normalized spacial score (nSPS) is 27.4. The summed E-state index contributed by atoms with van der Waals surface area (Å²) < 4.78 is 5.65. The Hall–Kier alpha value is -1.39. The molecule has 0 saturated carbocycles. The first-order chi connectivity index (χ1) is 9.15. The second-order valence-electron chi connectivity index (χ2n) is 5.61. The largest absolute Gasteiger partial charge is 0.378 e. The summed E-state index contributed by atoms with van der Waals surface area (Å²) >= 11 is 0. The molecule has 1 amide bonds. The molecule has 2 unspecified atom stereocenters. The number of rotatable bonds is 1. The topological polar surface area (TPSA) is 32.8 Å². The number of piperazine rings is 1. The Bertz CT molecular complexity index is 472. The van der Waals surface area contributed by atoms with E-state index in [4.69, 9.17) is 4.74 Å². The van der Waals surface area contributed by atoms with Gasteiger partial charge in [0.2, 0.25) is 0 Å². The van der Waals surface area contributed by atoms with Gasteiger partial charge in [0.15, 0.2) is 0 Å². The van der Waals surface area contributed by atoms with Crippen LogP contribution in [-0.4, -0.2) is 61.1 Å². The maximum absolute atomic E-state index is 12.6. The molecular weight excluding hydrogens is 240 g/mol. The molecule has 1 aromatic rings. The number of hydrogen-bond donors (Lipinski definition) is 0. The Morgan fingerprint density at radius 2 is 1.84 bits per heavy atom. The van der Waals surface area contributed by atoms with E-state index in [1.54, 1.807) is 0 Å². The van der Waals surface area contributed by atoms with Gasteiger partial charge in [-0.25, -0.2) is 0 Å². The van der Waals surface area contributed by atoms with Crippen molar-refractivity contribution in [1.29, 1.82) is 0 Å². The molecule has 4 heteroatoms. The highest BCUT2D eigenvalue weighted by atomic mass is 16.5. The minimum atomic E-state index is 0.133. The number of ether oxygens (including phenoxy) is 1. The highest BCUT2D eigenvalue weighted by Gasteiger charge is 2.37. The molecule has 2 atom stereocenters. The molecule has 1 aromatic carbocycles. The van der Waals surface area contributed by atoms with Gasteiger partial charge in [-0.3, -0.25) is 9.69 Å². The van der Waals surface area contributed by atoms with Crippen LogP contribution in [0.15, 0.2) is 24.3 Å². The molecular formula is C15H20N2O2. The number of fused-ring (bicyclic) bond motifs is 4. The number of carbonyl (C=O) groups is 1. The fraction of sp³-hybridized carbons (Fsp3) is 0.533. The molecule has 3 aliphatic rings. The van der Waals surface area contributed by atoms with Crippen molar-refractivity contribution in [2.45, 2.75) is 19.0 Å². The van der Waals surface area contributed by atoms with Crippen LogP contribution in [-0.2, 0) is 4.74 Å². The van der Waals surface area contributed by atoms with Crippen LogP contribution in [0, 0.1) is 6.92 Å². The van der Waals surface area contributed by atoms with Crippen molar-refractivity contribution in [1.82, 2.24) is 9.80 Å². The van der Waals surface area contributed by atoms with Crippen LogP contribution in [0.2, 0.25) is 0 Å². The van der Waals surface area contributed by atoms with Crippen molar-refractivity contribution in [2.75, 3.05) is 33.4 Å². The van der Waals surface area contributed by atoms with Crippen molar-refractivity contribution in [2.24, 2.45) is 0 Å². The van der Waals surface area contributed by atoms with Gasteiger partial charge in [0.1, 0.15) is 0 Å². The molecule has 0 aliphatic carbocycles. The number of aryl methyl sites for hydroxylation is 1. The van der Waals surface area contributed by atoms with Gasteiger partial charge in [-0.2, -0.15) is 0 Å². The van der Waals surface area contributed by atoms with Gasteiger partial charge in [0.05, 0.1) is 25.3 Å². The van der Waals surface area contributed by atoms with E-state index in [0.717, 1.165) is 25.3 Å². The van der Waals surface area contributed by atoms with Crippen molar-refractivity contribution in [3.05, 3.63) is 35.4 Å². The first-order valence-corrected chi connectivity index (χ1v) is 6.81. The van der Waals surface area contributed by atoms with E-state index in [1.807, 2.05) is 36.1 Å². The monoisotopic (exact) mass is 260 g/mol. The number of likely N-dealkylation sites (N-methyl/N-ethyl adjacent to an activating group) is 1. The molecule has 0 N–H and O–H groups in total. The molecule has 19 heavy (non-hydrogen) atoms. The lowest BCUT2D eigenvalue weighted by Crippen LogP contribution is -2.58. The van der Waals surface area contributed by atoms with Crippen LogP contribution >= 0.6 is 0 Å². The van der Waals surface area contributed by atoms with Crippen molar-refractivity contribution < 1.29 is 9.53 Å². The summed E-state index contributed by atoms with van der Waals surface area (Å²) in [6.45, 7) is 5.09. The second-order valence-corrected chi connectivity index (χ2v) is 5.61. The number of nitrogens with zero attached hydrogens (tertiary/aromatic N) is 2. The van der Waals surface area contributed by atoms with E-state index in [1.165, 1.54) is 5.56 Å². The van der Waals surface area contributed by atoms with Gasteiger partial charge < -0.3 is 9.64 Å². The summed E-state index contributed by atoms with van der Waals surface area (Å²) in [6, 6.07) is 8.32. The molecule has 2 bridgehead atoms. The average Bonchev–Trinajstić information content (AvgIpc) is 2.71. The number of carbonyl (C=O) groups excluding carboxylic acids is 1. The minimum Gasteiger partial charge on any atom is -0.378 e. The van der Waals surface area contributed by atoms with Gasteiger partial charge >= 0.3 is 0 Å². The van der Waals surface area contributed by atoms with Gasteiger partial charge in [-0.15, -0.1) is 0 Å². The molecule has 3 aliphatic heterocycles. The average molecular weight is 260 g/mol. The van der Waals surface area contributed by atoms with Crippen LogP contribution in [0.5, 0.6) is 0 Å². The summed E-state index contributed by atoms with van der Waals surface area (Å²) in [5.41, 5.74) is 1.96. The Morgan fingerprint density at radius 3 is 2.58 bits per heavy atom. The van der Waals surface area contributed by atoms with E-state index < -0.39 is 0 Å². The quantitative estimate of drug-likeness (QED) is 0.759. The number of hydrogen-bond acceptors (Lipinski definition) is 3.